The van der Waals surface area contributed by atoms with Crippen molar-refractivity contribution in [2.24, 2.45) is 4.99 Å². The second-order valence-corrected chi connectivity index (χ2v) is 7.01. The summed E-state index contributed by atoms with van der Waals surface area (Å²) < 4.78 is 10.9. The summed E-state index contributed by atoms with van der Waals surface area (Å²) >= 11 is 0. The highest BCUT2D eigenvalue weighted by molar-refractivity contribution is 5.94. The summed E-state index contributed by atoms with van der Waals surface area (Å²) in [5, 5.41) is 6.28. The van der Waals surface area contributed by atoms with Gasteiger partial charge in [0.25, 0.3) is 5.91 Å². The summed E-state index contributed by atoms with van der Waals surface area (Å²) in [6, 6.07) is 13.3. The van der Waals surface area contributed by atoms with E-state index in [9.17, 15) is 4.79 Å². The number of rotatable bonds is 7. The number of ether oxygens (including phenoxy) is 2. The van der Waals surface area contributed by atoms with Crippen LogP contribution in [0.2, 0.25) is 0 Å². The number of hydrogen-bond acceptors (Lipinski definition) is 4. The van der Waals surface area contributed by atoms with Crippen LogP contribution in [0.1, 0.15) is 28.4 Å². The molecule has 0 atom stereocenters. The molecule has 0 radical (unpaired) electrons. The van der Waals surface area contributed by atoms with Crippen LogP contribution in [-0.2, 0) is 13.0 Å². The molecular formula is C23H30N4O3. The van der Waals surface area contributed by atoms with Crippen molar-refractivity contribution in [3.63, 3.8) is 0 Å². The van der Waals surface area contributed by atoms with Gasteiger partial charge in [0.05, 0.1) is 20.8 Å². The molecule has 1 aliphatic rings. The maximum absolute atomic E-state index is 12.2. The largest absolute Gasteiger partial charge is 0.493 e. The van der Waals surface area contributed by atoms with Crippen LogP contribution >= 0.6 is 0 Å². The van der Waals surface area contributed by atoms with Gasteiger partial charge in [-0.1, -0.05) is 18.2 Å². The number of methoxy groups -OCH3 is 2. The van der Waals surface area contributed by atoms with Gasteiger partial charge in [-0.05, 0) is 48.7 Å². The molecule has 0 spiro atoms. The van der Waals surface area contributed by atoms with E-state index in [0.717, 1.165) is 43.5 Å². The molecule has 0 fully saturated rings. The van der Waals surface area contributed by atoms with E-state index < -0.39 is 0 Å². The van der Waals surface area contributed by atoms with Crippen molar-refractivity contribution < 1.29 is 14.3 Å². The number of aliphatic imine (C=N–C) groups is 1. The zero-order valence-corrected chi connectivity index (χ0v) is 17.9. The number of nitrogens with one attached hydrogen (secondary N) is 2. The molecule has 1 amide bonds. The van der Waals surface area contributed by atoms with E-state index in [0.29, 0.717) is 18.7 Å². The first kappa shape index (κ1) is 21.5. The van der Waals surface area contributed by atoms with Gasteiger partial charge in [-0.25, -0.2) is 0 Å². The quantitative estimate of drug-likeness (QED) is 0.417. The summed E-state index contributed by atoms with van der Waals surface area (Å²) in [5.41, 5.74) is 3.14. The van der Waals surface area contributed by atoms with Crippen molar-refractivity contribution in [2.75, 3.05) is 40.4 Å². The van der Waals surface area contributed by atoms with Crippen molar-refractivity contribution in [1.29, 1.82) is 0 Å². The second-order valence-electron chi connectivity index (χ2n) is 7.01. The van der Waals surface area contributed by atoms with Crippen LogP contribution in [0, 0.1) is 0 Å². The SMILES string of the molecule is CCNC(=NCCNC(=O)c1ccccc1)N1CCc2cc(OC)c(OC)cc2C1. The van der Waals surface area contributed by atoms with Crippen molar-refractivity contribution >= 4 is 11.9 Å². The summed E-state index contributed by atoms with van der Waals surface area (Å²) in [5.74, 6) is 2.28. The van der Waals surface area contributed by atoms with Gasteiger partial charge in [-0.15, -0.1) is 0 Å². The first-order chi connectivity index (χ1) is 14.7. The van der Waals surface area contributed by atoms with Crippen molar-refractivity contribution in [2.45, 2.75) is 19.9 Å². The zero-order chi connectivity index (χ0) is 21.3. The van der Waals surface area contributed by atoms with Crippen molar-refractivity contribution in [3.05, 3.63) is 59.2 Å². The Kier molecular flexibility index (Phi) is 7.54. The fraction of sp³-hybridized carbons (Fsp3) is 0.391. The Morgan fingerprint density at radius 1 is 1.07 bits per heavy atom. The average Bonchev–Trinajstić information content (AvgIpc) is 2.80. The number of carbonyl (C=O) groups excluding carboxylic acids is 1. The first-order valence-electron chi connectivity index (χ1n) is 10.3. The number of nitrogens with zero attached hydrogens (tertiary/aromatic N) is 2. The van der Waals surface area contributed by atoms with E-state index in [-0.39, 0.29) is 5.91 Å². The van der Waals surface area contributed by atoms with Crippen LogP contribution in [0.25, 0.3) is 0 Å². The topological polar surface area (TPSA) is 75.2 Å². The lowest BCUT2D eigenvalue weighted by atomic mass is 9.99. The van der Waals surface area contributed by atoms with E-state index in [1.165, 1.54) is 11.1 Å². The minimum atomic E-state index is -0.0799. The van der Waals surface area contributed by atoms with E-state index in [2.05, 4.69) is 28.5 Å². The third kappa shape index (κ3) is 5.23. The highest BCUT2D eigenvalue weighted by atomic mass is 16.5. The first-order valence-corrected chi connectivity index (χ1v) is 10.3. The molecule has 0 unspecified atom stereocenters. The molecular weight excluding hydrogens is 380 g/mol. The summed E-state index contributed by atoms with van der Waals surface area (Å²) in [6.45, 7) is 5.44. The standard InChI is InChI=1S/C23H30N4O3/c1-4-24-23(26-12-11-25-22(28)17-8-6-5-7-9-17)27-13-10-18-14-20(29-2)21(30-3)15-19(18)16-27/h5-9,14-15H,4,10-13,16H2,1-3H3,(H,24,26)(H,25,28). The van der Waals surface area contributed by atoms with Gasteiger partial charge < -0.3 is 25.0 Å². The Balaban J connectivity index is 1.62. The summed E-state index contributed by atoms with van der Waals surface area (Å²) in [7, 11) is 3.31. The Morgan fingerprint density at radius 3 is 2.43 bits per heavy atom. The summed E-state index contributed by atoms with van der Waals surface area (Å²) in [4.78, 5) is 19.1. The lowest BCUT2D eigenvalue weighted by molar-refractivity contribution is 0.0954. The maximum Gasteiger partial charge on any atom is 0.251 e. The highest BCUT2D eigenvalue weighted by Crippen LogP contribution is 2.33. The molecule has 0 saturated heterocycles. The maximum atomic E-state index is 12.2. The molecule has 0 aliphatic carbocycles. The lowest BCUT2D eigenvalue weighted by Gasteiger charge is -2.32. The van der Waals surface area contributed by atoms with Gasteiger partial charge in [-0.3, -0.25) is 9.79 Å². The van der Waals surface area contributed by atoms with E-state index in [4.69, 9.17) is 14.5 Å². The Hall–Kier alpha value is -3.22. The molecule has 2 N–H and O–H groups in total. The van der Waals surface area contributed by atoms with Gasteiger partial charge in [0.2, 0.25) is 0 Å². The third-order valence-corrected chi connectivity index (χ3v) is 5.05. The molecule has 3 rings (SSSR count). The minimum absolute atomic E-state index is 0.0799. The van der Waals surface area contributed by atoms with Crippen LogP contribution < -0.4 is 20.1 Å². The minimum Gasteiger partial charge on any atom is -0.493 e. The Morgan fingerprint density at radius 2 is 1.77 bits per heavy atom. The molecule has 0 saturated carbocycles. The summed E-state index contributed by atoms with van der Waals surface area (Å²) in [6.07, 6.45) is 0.908. The highest BCUT2D eigenvalue weighted by Gasteiger charge is 2.21. The normalized spacial score (nSPS) is 13.4. The molecule has 160 valence electrons. The predicted molar refractivity (Wildman–Crippen MR) is 118 cm³/mol. The average molecular weight is 411 g/mol. The van der Waals surface area contributed by atoms with E-state index in [1.807, 2.05) is 24.3 Å². The number of benzene rings is 2. The smallest absolute Gasteiger partial charge is 0.251 e. The van der Waals surface area contributed by atoms with Crippen LogP contribution in [0.15, 0.2) is 47.5 Å². The van der Waals surface area contributed by atoms with Gasteiger partial charge in [0.15, 0.2) is 17.5 Å². The molecule has 1 heterocycles. The van der Waals surface area contributed by atoms with Crippen LogP contribution in [0.3, 0.4) is 0 Å². The molecule has 2 aromatic carbocycles. The van der Waals surface area contributed by atoms with E-state index >= 15 is 0 Å². The number of fused-ring (bicyclic) bond motifs is 1. The molecule has 1 aliphatic heterocycles. The fourth-order valence-corrected chi connectivity index (χ4v) is 3.51. The monoisotopic (exact) mass is 410 g/mol. The van der Waals surface area contributed by atoms with Crippen LogP contribution in [0.5, 0.6) is 11.5 Å². The van der Waals surface area contributed by atoms with Crippen LogP contribution in [0.4, 0.5) is 0 Å². The van der Waals surface area contributed by atoms with Crippen molar-refractivity contribution in [1.82, 2.24) is 15.5 Å². The second kappa shape index (κ2) is 10.5. The lowest BCUT2D eigenvalue weighted by Crippen LogP contribution is -2.44. The molecule has 0 bridgehead atoms. The van der Waals surface area contributed by atoms with Crippen molar-refractivity contribution in [3.8, 4) is 11.5 Å². The van der Waals surface area contributed by atoms with E-state index in [1.54, 1.807) is 26.4 Å². The Labute approximate surface area is 178 Å². The molecule has 2 aromatic rings. The fourth-order valence-electron chi connectivity index (χ4n) is 3.51. The molecule has 0 aromatic heterocycles. The Bertz CT molecular complexity index is 884. The van der Waals surface area contributed by atoms with Gasteiger partial charge in [-0.2, -0.15) is 0 Å². The van der Waals surface area contributed by atoms with Gasteiger partial charge in [0.1, 0.15) is 0 Å². The predicted octanol–water partition coefficient (Wildman–Crippen LogP) is 2.46. The zero-order valence-electron chi connectivity index (χ0n) is 17.9. The third-order valence-electron chi connectivity index (χ3n) is 5.05. The number of hydrogen-bond donors (Lipinski definition) is 2. The van der Waals surface area contributed by atoms with Gasteiger partial charge in [0, 0.05) is 31.7 Å². The number of carbonyl (C=O) groups is 1. The number of guanidine groups is 1. The molecule has 7 nitrogen and oxygen atoms in total. The van der Waals surface area contributed by atoms with Crippen LogP contribution in [-0.4, -0.2) is 57.2 Å². The molecule has 7 heteroatoms. The van der Waals surface area contributed by atoms with Gasteiger partial charge >= 0.3 is 0 Å². The molecule has 30 heavy (non-hydrogen) atoms. The number of amides is 1.